The molecule has 0 spiro atoms. The zero-order valence-electron chi connectivity index (χ0n) is 7.21. The van der Waals surface area contributed by atoms with Crippen molar-refractivity contribution in [1.29, 1.82) is 0 Å². The molecule has 1 aliphatic rings. The van der Waals surface area contributed by atoms with Gasteiger partial charge in [0, 0.05) is 0 Å². The number of allylic oxidation sites excluding steroid dienone is 1. The van der Waals surface area contributed by atoms with Crippen molar-refractivity contribution < 1.29 is 9.84 Å². The second-order valence-corrected chi connectivity index (χ2v) is 3.05. The Bertz CT molecular complexity index is 152. The Morgan fingerprint density at radius 1 is 1.64 bits per heavy atom. The van der Waals surface area contributed by atoms with Crippen LogP contribution in [0.3, 0.4) is 0 Å². The Morgan fingerprint density at radius 3 is 2.82 bits per heavy atom. The Morgan fingerprint density at radius 2 is 2.36 bits per heavy atom. The largest absolute Gasteiger partial charge is 0.510 e. The predicted octanol–water partition coefficient (Wildman–Crippen LogP) is 2.41. The monoisotopic (exact) mass is 156 g/mol. The summed E-state index contributed by atoms with van der Waals surface area (Å²) in [5.74, 6) is 0.414. The quantitative estimate of drug-likeness (QED) is 0.622. The highest BCUT2D eigenvalue weighted by atomic mass is 16.5. The van der Waals surface area contributed by atoms with Crippen LogP contribution in [0.5, 0.6) is 0 Å². The molecule has 0 aromatic heterocycles. The highest BCUT2D eigenvalue weighted by Gasteiger charge is 2.24. The molecule has 1 rings (SSSR count). The van der Waals surface area contributed by atoms with E-state index >= 15 is 0 Å². The van der Waals surface area contributed by atoms with Crippen LogP contribution in [0.1, 0.15) is 33.1 Å². The molecule has 2 heteroatoms. The molecule has 0 amide bonds. The fourth-order valence-electron chi connectivity index (χ4n) is 1.36. The SMILES string of the molecule is CC/C=C(\O)C1CCC(C)O1. The minimum Gasteiger partial charge on any atom is -0.510 e. The molecule has 1 fully saturated rings. The van der Waals surface area contributed by atoms with Crippen LogP contribution in [-0.4, -0.2) is 17.3 Å². The van der Waals surface area contributed by atoms with Crippen molar-refractivity contribution in [2.24, 2.45) is 0 Å². The number of hydrogen-bond donors (Lipinski definition) is 1. The van der Waals surface area contributed by atoms with Crippen molar-refractivity contribution >= 4 is 0 Å². The molecule has 2 atom stereocenters. The van der Waals surface area contributed by atoms with E-state index in [-0.39, 0.29) is 6.10 Å². The molecule has 0 aliphatic carbocycles. The van der Waals surface area contributed by atoms with E-state index in [0.29, 0.717) is 11.9 Å². The standard InChI is InChI=1S/C9H16O2/c1-3-4-8(10)9-6-5-7(2)11-9/h4,7,9-10H,3,5-6H2,1-2H3/b8-4-. The van der Waals surface area contributed by atoms with Crippen LogP contribution in [0.2, 0.25) is 0 Å². The Labute approximate surface area is 67.9 Å². The smallest absolute Gasteiger partial charge is 0.117 e. The lowest BCUT2D eigenvalue weighted by atomic mass is 10.1. The summed E-state index contributed by atoms with van der Waals surface area (Å²) in [5, 5.41) is 9.40. The lowest BCUT2D eigenvalue weighted by molar-refractivity contribution is 0.0520. The highest BCUT2D eigenvalue weighted by molar-refractivity contribution is 5.00. The van der Waals surface area contributed by atoms with E-state index in [1.54, 1.807) is 0 Å². The van der Waals surface area contributed by atoms with E-state index in [1.165, 1.54) is 0 Å². The number of hydrogen-bond acceptors (Lipinski definition) is 2. The minimum atomic E-state index is -0.0232. The summed E-state index contributed by atoms with van der Waals surface area (Å²) >= 11 is 0. The van der Waals surface area contributed by atoms with Gasteiger partial charge in [-0.1, -0.05) is 6.92 Å². The van der Waals surface area contributed by atoms with E-state index in [0.717, 1.165) is 19.3 Å². The Hall–Kier alpha value is -0.500. The van der Waals surface area contributed by atoms with E-state index < -0.39 is 0 Å². The summed E-state index contributed by atoms with van der Waals surface area (Å²) in [6.45, 7) is 4.05. The maximum absolute atomic E-state index is 9.40. The van der Waals surface area contributed by atoms with Gasteiger partial charge in [-0.25, -0.2) is 0 Å². The Kier molecular flexibility index (Phi) is 2.94. The van der Waals surface area contributed by atoms with E-state index in [4.69, 9.17) is 4.74 Å². The normalized spacial score (nSPS) is 32.7. The molecule has 1 heterocycles. The van der Waals surface area contributed by atoms with E-state index in [1.807, 2.05) is 19.9 Å². The molecule has 0 bridgehead atoms. The molecule has 0 aromatic carbocycles. The summed E-state index contributed by atoms with van der Waals surface area (Å²) in [4.78, 5) is 0. The molecular weight excluding hydrogens is 140 g/mol. The van der Waals surface area contributed by atoms with Crippen LogP contribution in [0.4, 0.5) is 0 Å². The Balaban J connectivity index is 2.43. The van der Waals surface area contributed by atoms with Gasteiger partial charge in [-0.15, -0.1) is 0 Å². The average molecular weight is 156 g/mol. The molecule has 1 N–H and O–H groups in total. The molecule has 0 saturated carbocycles. The van der Waals surface area contributed by atoms with E-state index in [9.17, 15) is 5.11 Å². The molecule has 1 saturated heterocycles. The first-order chi connectivity index (χ1) is 5.24. The van der Waals surface area contributed by atoms with Gasteiger partial charge in [0.2, 0.25) is 0 Å². The fourth-order valence-corrected chi connectivity index (χ4v) is 1.36. The first kappa shape index (κ1) is 8.60. The van der Waals surface area contributed by atoms with Crippen molar-refractivity contribution in [3.63, 3.8) is 0 Å². The summed E-state index contributed by atoms with van der Waals surface area (Å²) in [7, 11) is 0. The summed E-state index contributed by atoms with van der Waals surface area (Å²) in [5.41, 5.74) is 0. The lowest BCUT2D eigenvalue weighted by Crippen LogP contribution is -2.10. The van der Waals surface area contributed by atoms with Crippen molar-refractivity contribution in [2.45, 2.75) is 45.3 Å². The molecule has 11 heavy (non-hydrogen) atoms. The average Bonchev–Trinajstić information content (AvgIpc) is 2.36. The van der Waals surface area contributed by atoms with Crippen molar-refractivity contribution in [3.8, 4) is 0 Å². The molecule has 64 valence electrons. The summed E-state index contributed by atoms with van der Waals surface area (Å²) in [6.07, 6.45) is 5.01. The van der Waals surface area contributed by atoms with Gasteiger partial charge in [-0.05, 0) is 32.3 Å². The summed E-state index contributed by atoms with van der Waals surface area (Å²) < 4.78 is 5.46. The number of rotatable bonds is 2. The van der Waals surface area contributed by atoms with Crippen molar-refractivity contribution in [2.75, 3.05) is 0 Å². The van der Waals surface area contributed by atoms with Crippen LogP contribution in [0, 0.1) is 0 Å². The van der Waals surface area contributed by atoms with Gasteiger partial charge >= 0.3 is 0 Å². The third-order valence-corrected chi connectivity index (χ3v) is 1.98. The number of ether oxygens (including phenoxy) is 1. The number of aliphatic hydroxyl groups excluding tert-OH is 1. The van der Waals surface area contributed by atoms with Crippen LogP contribution in [-0.2, 0) is 4.74 Å². The van der Waals surface area contributed by atoms with Gasteiger partial charge in [-0.2, -0.15) is 0 Å². The van der Waals surface area contributed by atoms with Crippen LogP contribution in [0.25, 0.3) is 0 Å². The summed E-state index contributed by atoms with van der Waals surface area (Å²) in [6, 6.07) is 0. The first-order valence-corrected chi connectivity index (χ1v) is 4.28. The maximum Gasteiger partial charge on any atom is 0.117 e. The van der Waals surface area contributed by atoms with Gasteiger partial charge in [-0.3, -0.25) is 0 Å². The van der Waals surface area contributed by atoms with Gasteiger partial charge < -0.3 is 9.84 Å². The molecule has 0 aromatic rings. The second-order valence-electron chi connectivity index (χ2n) is 3.05. The molecule has 2 unspecified atom stereocenters. The number of aliphatic hydroxyl groups is 1. The zero-order chi connectivity index (χ0) is 8.27. The van der Waals surface area contributed by atoms with Gasteiger partial charge in [0.15, 0.2) is 0 Å². The lowest BCUT2D eigenvalue weighted by Gasteiger charge is -2.09. The second kappa shape index (κ2) is 3.77. The highest BCUT2D eigenvalue weighted by Crippen LogP contribution is 2.23. The first-order valence-electron chi connectivity index (χ1n) is 4.28. The van der Waals surface area contributed by atoms with Crippen LogP contribution in [0.15, 0.2) is 11.8 Å². The molecule has 1 aliphatic heterocycles. The van der Waals surface area contributed by atoms with Crippen molar-refractivity contribution in [3.05, 3.63) is 11.8 Å². The van der Waals surface area contributed by atoms with Crippen LogP contribution >= 0.6 is 0 Å². The third-order valence-electron chi connectivity index (χ3n) is 1.98. The van der Waals surface area contributed by atoms with Crippen molar-refractivity contribution in [1.82, 2.24) is 0 Å². The minimum absolute atomic E-state index is 0.0232. The third kappa shape index (κ3) is 2.22. The fraction of sp³-hybridized carbons (Fsp3) is 0.778. The molecule has 2 nitrogen and oxygen atoms in total. The topological polar surface area (TPSA) is 29.5 Å². The van der Waals surface area contributed by atoms with E-state index in [2.05, 4.69) is 0 Å². The van der Waals surface area contributed by atoms with Crippen LogP contribution < -0.4 is 0 Å². The van der Waals surface area contributed by atoms with Gasteiger partial charge in [0.1, 0.15) is 11.9 Å². The maximum atomic E-state index is 9.40. The van der Waals surface area contributed by atoms with Gasteiger partial charge in [0.25, 0.3) is 0 Å². The molecular formula is C9H16O2. The molecule has 0 radical (unpaired) electrons. The predicted molar refractivity (Wildman–Crippen MR) is 44.6 cm³/mol. The van der Waals surface area contributed by atoms with Gasteiger partial charge in [0.05, 0.1) is 6.10 Å². The zero-order valence-corrected chi connectivity index (χ0v) is 7.21.